The second kappa shape index (κ2) is 13.1. The molecule has 4 aliphatic rings. The Hall–Kier alpha value is -3.43. The van der Waals surface area contributed by atoms with Gasteiger partial charge in [0.1, 0.15) is 0 Å². The topological polar surface area (TPSA) is 94.3 Å². The fourth-order valence-corrected chi connectivity index (χ4v) is 7.45. The van der Waals surface area contributed by atoms with Crippen LogP contribution in [0.25, 0.3) is 0 Å². The predicted molar refractivity (Wildman–Crippen MR) is 174 cm³/mol. The van der Waals surface area contributed by atoms with Crippen LogP contribution in [0.5, 0.6) is 0 Å². The summed E-state index contributed by atoms with van der Waals surface area (Å²) in [6.45, 7) is 6.81. The van der Waals surface area contributed by atoms with Gasteiger partial charge < -0.3 is 20.9 Å². The van der Waals surface area contributed by atoms with Crippen molar-refractivity contribution in [2.75, 3.05) is 39.3 Å². The maximum Gasteiger partial charge on any atom is 0.280 e. The van der Waals surface area contributed by atoms with Gasteiger partial charge in [0.25, 0.3) is 5.91 Å². The maximum absolute atomic E-state index is 13.4. The molecule has 2 unspecified atom stereocenters. The molecule has 1 aliphatic carbocycles. The number of halogens is 1. The smallest absolute Gasteiger partial charge is 0.280 e. The molecule has 0 aromatic heterocycles. The highest BCUT2D eigenvalue weighted by molar-refractivity contribution is 9.11. The Labute approximate surface area is 262 Å². The van der Waals surface area contributed by atoms with Gasteiger partial charge in [-0.1, -0.05) is 42.0 Å². The van der Waals surface area contributed by atoms with Gasteiger partial charge in [0, 0.05) is 61.9 Å². The number of dihydropyridines is 1. The first-order chi connectivity index (χ1) is 20.9. The third kappa shape index (κ3) is 6.73. The van der Waals surface area contributed by atoms with Crippen LogP contribution in [-0.2, 0) is 11.2 Å². The maximum atomic E-state index is 13.4. The van der Waals surface area contributed by atoms with E-state index in [1.807, 2.05) is 23.1 Å². The number of carbonyl (C=O) groups excluding carboxylic acids is 2. The number of hydrogen-bond acceptors (Lipinski definition) is 4. The third-order valence-corrected chi connectivity index (χ3v) is 9.90. The number of allylic oxidation sites excluding steroid dienone is 2. The molecule has 0 radical (unpaired) electrons. The van der Waals surface area contributed by atoms with Gasteiger partial charge in [-0.3, -0.25) is 14.5 Å². The number of rotatable bonds is 4. The van der Waals surface area contributed by atoms with Gasteiger partial charge in [-0.15, -0.1) is 0 Å². The van der Waals surface area contributed by atoms with Gasteiger partial charge in [-0.05, 0) is 89.4 Å². The lowest BCUT2D eigenvalue weighted by Gasteiger charge is -2.44. The molecule has 2 aromatic rings. The first-order valence-corrected chi connectivity index (χ1v) is 16.3. The number of aryl methyl sites for hydroxylation is 2. The number of aliphatic imine (C=N–C) groups is 1. The van der Waals surface area contributed by atoms with Crippen LogP contribution in [0.1, 0.15) is 58.8 Å². The Morgan fingerprint density at radius 2 is 1.72 bits per heavy atom. The van der Waals surface area contributed by atoms with Crippen LogP contribution in [0.3, 0.4) is 0 Å². The minimum atomic E-state index is -0.326. The summed E-state index contributed by atoms with van der Waals surface area (Å²) in [6.07, 6.45) is 8.76. The van der Waals surface area contributed by atoms with Crippen molar-refractivity contribution in [2.45, 2.75) is 51.1 Å². The summed E-state index contributed by atoms with van der Waals surface area (Å²) in [7, 11) is 0. The van der Waals surface area contributed by atoms with E-state index < -0.39 is 0 Å². The van der Waals surface area contributed by atoms with Crippen molar-refractivity contribution in [3.63, 3.8) is 0 Å². The Morgan fingerprint density at radius 1 is 0.977 bits per heavy atom. The molecule has 3 aliphatic heterocycles. The largest absolute Gasteiger partial charge is 0.382 e. The van der Waals surface area contributed by atoms with E-state index in [1.165, 1.54) is 22.3 Å². The molecular formula is C34H41BrN6O2. The van der Waals surface area contributed by atoms with Gasteiger partial charge in [-0.2, -0.15) is 4.99 Å². The van der Waals surface area contributed by atoms with E-state index in [9.17, 15) is 9.59 Å². The second-order valence-corrected chi connectivity index (χ2v) is 13.1. The first kappa shape index (κ1) is 29.6. The zero-order valence-electron chi connectivity index (χ0n) is 24.8. The molecule has 2 amide bonds. The Balaban J connectivity index is 1.03. The average molecular weight is 646 g/mol. The molecule has 43 heavy (non-hydrogen) atoms. The number of piperidine rings is 1. The summed E-state index contributed by atoms with van der Waals surface area (Å²) in [4.78, 5) is 36.5. The fraction of sp³-hybridized carbons (Fsp3) is 0.441. The van der Waals surface area contributed by atoms with Gasteiger partial charge in [0.2, 0.25) is 5.91 Å². The summed E-state index contributed by atoms with van der Waals surface area (Å²) in [5.74, 6) is 0.506. The van der Waals surface area contributed by atoms with Crippen molar-refractivity contribution in [2.24, 2.45) is 16.6 Å². The van der Waals surface area contributed by atoms with Gasteiger partial charge in [0.05, 0.1) is 12.1 Å². The molecule has 3 N–H and O–H groups in total. The van der Waals surface area contributed by atoms with Crippen molar-refractivity contribution in [3.05, 3.63) is 93.1 Å². The number of likely N-dealkylation sites (tertiary alicyclic amines) is 1. The number of benzene rings is 2. The van der Waals surface area contributed by atoms with Crippen molar-refractivity contribution >= 4 is 33.7 Å². The average Bonchev–Trinajstić information content (AvgIpc) is 3.18. The Bertz CT molecular complexity index is 1440. The normalized spacial score (nSPS) is 23.3. The van der Waals surface area contributed by atoms with Crippen LogP contribution < -0.4 is 11.1 Å². The number of nitrogens with zero attached hydrogens (tertiary/aromatic N) is 4. The Kier molecular flexibility index (Phi) is 9.00. The summed E-state index contributed by atoms with van der Waals surface area (Å²) in [6, 6.07) is 16.4. The number of amides is 2. The third-order valence-electron chi connectivity index (χ3n) is 9.44. The highest BCUT2D eigenvalue weighted by Gasteiger charge is 2.38. The number of piperazine rings is 1. The van der Waals surface area contributed by atoms with Gasteiger partial charge >= 0.3 is 0 Å². The van der Waals surface area contributed by atoms with E-state index in [0.717, 1.165) is 56.3 Å². The standard InChI is InChI=1S/C34H41BrN6O2/c1-23-7-10-29-26(19-23)8-9-27-21-28(35)22-37-31(27)32(29)40-17-15-39(16-18-40)30(42)20-24-11-13-41(14-12-24)34(36)38-33(43)25-5-3-2-4-6-25/h2-7,10,19,21-22,24,31-32,37H,8-9,11-18,20H2,1H3,(H2,36,38,43). The molecule has 2 saturated heterocycles. The molecule has 8 nitrogen and oxygen atoms in total. The molecule has 226 valence electrons. The second-order valence-electron chi connectivity index (χ2n) is 12.2. The van der Waals surface area contributed by atoms with Crippen molar-refractivity contribution in [1.82, 2.24) is 20.0 Å². The number of guanidine groups is 1. The van der Waals surface area contributed by atoms with Crippen LogP contribution in [0, 0.1) is 12.8 Å². The zero-order valence-corrected chi connectivity index (χ0v) is 26.4. The van der Waals surface area contributed by atoms with Crippen molar-refractivity contribution in [1.29, 1.82) is 0 Å². The SMILES string of the molecule is Cc1ccc2c(c1)CCC1=CC(Br)=CNC1C2N1CCN(C(=O)CC2CCN(C(N)=NC(=O)c3ccccc3)CC2)CC1. The molecule has 2 fully saturated rings. The molecule has 0 saturated carbocycles. The van der Waals surface area contributed by atoms with E-state index in [0.29, 0.717) is 31.0 Å². The molecule has 6 rings (SSSR count). The number of nitrogens with two attached hydrogens (primary N) is 1. The lowest BCUT2D eigenvalue weighted by atomic mass is 9.90. The van der Waals surface area contributed by atoms with Crippen LogP contribution in [0.15, 0.2) is 75.9 Å². The van der Waals surface area contributed by atoms with Crippen molar-refractivity contribution in [3.8, 4) is 0 Å². The molecule has 9 heteroatoms. The monoisotopic (exact) mass is 644 g/mol. The number of fused-ring (bicyclic) bond motifs is 2. The highest BCUT2D eigenvalue weighted by Crippen LogP contribution is 2.39. The van der Waals surface area contributed by atoms with Crippen molar-refractivity contribution < 1.29 is 9.59 Å². The lowest BCUT2D eigenvalue weighted by Crippen LogP contribution is -2.54. The van der Waals surface area contributed by atoms with Gasteiger partial charge in [0.15, 0.2) is 5.96 Å². The number of hydrogen-bond donors (Lipinski definition) is 2. The molecule has 0 spiro atoms. The quantitative estimate of drug-likeness (QED) is 0.376. The number of nitrogens with one attached hydrogen (secondary N) is 1. The number of carbonyl (C=O) groups is 2. The first-order valence-electron chi connectivity index (χ1n) is 15.5. The molecule has 0 bridgehead atoms. The predicted octanol–water partition coefficient (Wildman–Crippen LogP) is 4.52. The Morgan fingerprint density at radius 3 is 2.47 bits per heavy atom. The summed E-state index contributed by atoms with van der Waals surface area (Å²) in [5.41, 5.74) is 12.3. The molecule has 2 atom stereocenters. The van der Waals surface area contributed by atoms with E-state index in [1.54, 1.807) is 12.1 Å². The van der Waals surface area contributed by atoms with Crippen LogP contribution in [0.4, 0.5) is 0 Å². The summed E-state index contributed by atoms with van der Waals surface area (Å²) < 4.78 is 1.09. The minimum Gasteiger partial charge on any atom is -0.382 e. The van der Waals surface area contributed by atoms with Gasteiger partial charge in [-0.25, -0.2) is 0 Å². The van der Waals surface area contributed by atoms with E-state index in [-0.39, 0.29) is 29.9 Å². The lowest BCUT2D eigenvalue weighted by molar-refractivity contribution is -0.134. The molecule has 2 aromatic carbocycles. The van der Waals surface area contributed by atoms with Crippen LogP contribution >= 0.6 is 15.9 Å². The summed E-state index contributed by atoms with van der Waals surface area (Å²) >= 11 is 3.67. The minimum absolute atomic E-state index is 0.233. The molecular weight excluding hydrogens is 604 g/mol. The fourth-order valence-electron chi connectivity index (χ4n) is 7.02. The zero-order chi connectivity index (χ0) is 29.9. The van der Waals surface area contributed by atoms with Crippen LogP contribution in [0.2, 0.25) is 0 Å². The van der Waals surface area contributed by atoms with E-state index >= 15 is 0 Å². The van der Waals surface area contributed by atoms with Crippen LogP contribution in [-0.4, -0.2) is 77.8 Å². The molecule has 3 heterocycles. The summed E-state index contributed by atoms with van der Waals surface area (Å²) in [5, 5.41) is 3.69. The van der Waals surface area contributed by atoms with E-state index in [2.05, 4.69) is 73.4 Å². The highest BCUT2D eigenvalue weighted by atomic mass is 79.9. The van der Waals surface area contributed by atoms with E-state index in [4.69, 9.17) is 5.73 Å².